The molecule has 0 bridgehead atoms. The van der Waals surface area contributed by atoms with Crippen LogP contribution in [0.1, 0.15) is 27.7 Å². The second-order valence-corrected chi connectivity index (χ2v) is 4.52. The van der Waals surface area contributed by atoms with Crippen molar-refractivity contribution in [1.29, 1.82) is 0 Å². The van der Waals surface area contributed by atoms with Crippen LogP contribution in [0.3, 0.4) is 0 Å². The van der Waals surface area contributed by atoms with Gasteiger partial charge in [-0.15, -0.1) is 0 Å². The molecule has 0 aromatic carbocycles. The Hall–Kier alpha value is -0.610. The maximum atomic E-state index is 11.9. The highest BCUT2D eigenvalue weighted by Crippen LogP contribution is 2.10. The Morgan fingerprint density at radius 3 is 2.19 bits per heavy atom. The lowest BCUT2D eigenvalue weighted by Crippen LogP contribution is -2.49. The molecule has 1 saturated heterocycles. The lowest BCUT2D eigenvalue weighted by molar-refractivity contribution is -0.135. The summed E-state index contributed by atoms with van der Waals surface area (Å²) in [6.07, 6.45) is 0.460. The summed E-state index contributed by atoms with van der Waals surface area (Å²) in [5.41, 5.74) is 0. The van der Waals surface area contributed by atoms with Gasteiger partial charge in [0.15, 0.2) is 0 Å². The molecule has 4 nitrogen and oxygen atoms in total. The van der Waals surface area contributed by atoms with Gasteiger partial charge in [-0.3, -0.25) is 9.69 Å². The predicted octanol–water partition coefficient (Wildman–Crippen LogP) is 0.964. The number of nitrogens with zero attached hydrogens (tertiary/aromatic N) is 2. The minimum Gasteiger partial charge on any atom is -0.373 e. The molecule has 0 radical (unpaired) electrons. The van der Waals surface area contributed by atoms with E-state index in [0.29, 0.717) is 6.54 Å². The molecule has 0 aromatic heterocycles. The van der Waals surface area contributed by atoms with Crippen molar-refractivity contribution < 1.29 is 9.53 Å². The van der Waals surface area contributed by atoms with E-state index in [-0.39, 0.29) is 18.1 Å². The highest BCUT2D eigenvalue weighted by Gasteiger charge is 2.24. The summed E-state index contributed by atoms with van der Waals surface area (Å²) in [7, 11) is 0. The van der Waals surface area contributed by atoms with Crippen LogP contribution >= 0.6 is 0 Å². The van der Waals surface area contributed by atoms with E-state index < -0.39 is 0 Å². The molecule has 0 aliphatic carbocycles. The lowest BCUT2D eigenvalue weighted by atomic mass is 10.2. The van der Waals surface area contributed by atoms with E-state index in [1.54, 1.807) is 0 Å². The van der Waals surface area contributed by atoms with Gasteiger partial charge in [0, 0.05) is 26.2 Å². The Labute approximate surface area is 98.5 Å². The van der Waals surface area contributed by atoms with Gasteiger partial charge in [-0.05, 0) is 27.7 Å². The van der Waals surface area contributed by atoms with E-state index in [0.717, 1.165) is 26.2 Å². The average Bonchev–Trinajstić information content (AvgIpc) is 2.17. The number of carbonyl (C=O) groups is 1. The molecule has 1 heterocycles. The van der Waals surface area contributed by atoms with Gasteiger partial charge in [0.1, 0.15) is 0 Å². The van der Waals surface area contributed by atoms with Crippen LogP contribution in [0.5, 0.6) is 0 Å². The third-order valence-electron chi connectivity index (χ3n) is 2.97. The summed E-state index contributed by atoms with van der Waals surface area (Å²) < 4.78 is 5.64. The molecule has 0 N–H and O–H groups in total. The molecule has 1 fully saturated rings. The average molecular weight is 228 g/mol. The number of amides is 1. The summed E-state index contributed by atoms with van der Waals surface area (Å²) in [5, 5.41) is 0. The van der Waals surface area contributed by atoms with Crippen molar-refractivity contribution in [3.05, 3.63) is 0 Å². The molecular weight excluding hydrogens is 204 g/mol. The Bertz CT molecular complexity index is 219. The van der Waals surface area contributed by atoms with Crippen LogP contribution in [0.4, 0.5) is 0 Å². The minimum absolute atomic E-state index is 0.228. The van der Waals surface area contributed by atoms with Crippen molar-refractivity contribution in [2.45, 2.75) is 39.9 Å². The zero-order valence-electron chi connectivity index (χ0n) is 10.9. The molecule has 4 heteroatoms. The number of carbonyl (C=O) groups excluding carboxylic acids is 1. The molecule has 1 aliphatic rings. The first-order chi connectivity index (χ1) is 7.56. The standard InChI is InChI=1S/C12H24N2O2/c1-5-14(6-2)12(15)9-13-7-10(3)16-11(4)8-13/h10-11H,5-9H2,1-4H3. The maximum absolute atomic E-state index is 11.9. The van der Waals surface area contributed by atoms with E-state index in [9.17, 15) is 4.79 Å². The normalized spacial score (nSPS) is 26.8. The van der Waals surface area contributed by atoms with Crippen molar-refractivity contribution in [2.24, 2.45) is 0 Å². The van der Waals surface area contributed by atoms with E-state index in [4.69, 9.17) is 4.74 Å². The third kappa shape index (κ3) is 3.76. The van der Waals surface area contributed by atoms with Gasteiger partial charge in [-0.1, -0.05) is 0 Å². The van der Waals surface area contributed by atoms with Crippen LogP contribution in [0.25, 0.3) is 0 Å². The van der Waals surface area contributed by atoms with Crippen molar-refractivity contribution in [3.63, 3.8) is 0 Å². The van der Waals surface area contributed by atoms with Crippen LogP contribution in [0.15, 0.2) is 0 Å². The quantitative estimate of drug-likeness (QED) is 0.718. The van der Waals surface area contributed by atoms with Crippen LogP contribution in [-0.2, 0) is 9.53 Å². The van der Waals surface area contributed by atoms with E-state index in [1.165, 1.54) is 0 Å². The highest BCUT2D eigenvalue weighted by atomic mass is 16.5. The van der Waals surface area contributed by atoms with E-state index in [2.05, 4.69) is 18.7 Å². The SMILES string of the molecule is CCN(CC)C(=O)CN1CC(C)OC(C)C1. The first-order valence-electron chi connectivity index (χ1n) is 6.22. The van der Waals surface area contributed by atoms with Crippen LogP contribution < -0.4 is 0 Å². The van der Waals surface area contributed by atoms with E-state index >= 15 is 0 Å². The van der Waals surface area contributed by atoms with Crippen LogP contribution in [0, 0.1) is 0 Å². The molecular formula is C12H24N2O2. The van der Waals surface area contributed by atoms with Gasteiger partial charge in [0.05, 0.1) is 18.8 Å². The summed E-state index contributed by atoms with van der Waals surface area (Å²) in [5.74, 6) is 0.228. The van der Waals surface area contributed by atoms with Crippen molar-refractivity contribution in [2.75, 3.05) is 32.7 Å². The van der Waals surface area contributed by atoms with Gasteiger partial charge in [0.2, 0.25) is 5.91 Å². The topological polar surface area (TPSA) is 32.8 Å². The molecule has 2 unspecified atom stereocenters. The summed E-state index contributed by atoms with van der Waals surface area (Å²) >= 11 is 0. The molecule has 94 valence electrons. The molecule has 1 rings (SSSR count). The zero-order valence-corrected chi connectivity index (χ0v) is 10.9. The number of morpholine rings is 1. The molecule has 0 aromatic rings. The lowest BCUT2D eigenvalue weighted by Gasteiger charge is -2.35. The van der Waals surface area contributed by atoms with Gasteiger partial charge < -0.3 is 9.64 Å². The Balaban J connectivity index is 2.43. The monoisotopic (exact) mass is 228 g/mol. The fourth-order valence-electron chi connectivity index (χ4n) is 2.28. The van der Waals surface area contributed by atoms with Crippen molar-refractivity contribution in [1.82, 2.24) is 9.80 Å². The van der Waals surface area contributed by atoms with Gasteiger partial charge >= 0.3 is 0 Å². The summed E-state index contributed by atoms with van der Waals surface area (Å²) in [4.78, 5) is 16.0. The van der Waals surface area contributed by atoms with Gasteiger partial charge in [0.25, 0.3) is 0 Å². The predicted molar refractivity (Wildman–Crippen MR) is 64.4 cm³/mol. The number of hydrogen-bond acceptors (Lipinski definition) is 3. The summed E-state index contributed by atoms with van der Waals surface area (Å²) in [6, 6.07) is 0. The number of hydrogen-bond donors (Lipinski definition) is 0. The van der Waals surface area contributed by atoms with Crippen molar-refractivity contribution in [3.8, 4) is 0 Å². The van der Waals surface area contributed by atoms with E-state index in [1.807, 2.05) is 18.7 Å². The van der Waals surface area contributed by atoms with Crippen molar-refractivity contribution >= 4 is 5.91 Å². The third-order valence-corrected chi connectivity index (χ3v) is 2.97. The fraction of sp³-hybridized carbons (Fsp3) is 0.917. The second kappa shape index (κ2) is 6.21. The Kier molecular flexibility index (Phi) is 5.22. The molecule has 1 aliphatic heterocycles. The largest absolute Gasteiger partial charge is 0.373 e. The zero-order chi connectivity index (χ0) is 12.1. The molecule has 16 heavy (non-hydrogen) atoms. The van der Waals surface area contributed by atoms with Crippen LogP contribution in [-0.4, -0.2) is 60.6 Å². The minimum atomic E-state index is 0.228. The maximum Gasteiger partial charge on any atom is 0.236 e. The first-order valence-corrected chi connectivity index (χ1v) is 6.22. The fourth-order valence-corrected chi connectivity index (χ4v) is 2.28. The summed E-state index contributed by atoms with van der Waals surface area (Å²) in [6.45, 7) is 12.0. The first kappa shape index (κ1) is 13.5. The number of likely N-dealkylation sites (N-methyl/N-ethyl adjacent to an activating group) is 1. The molecule has 0 saturated carbocycles. The second-order valence-electron chi connectivity index (χ2n) is 4.52. The highest BCUT2D eigenvalue weighted by molar-refractivity contribution is 5.78. The van der Waals surface area contributed by atoms with Gasteiger partial charge in [-0.2, -0.15) is 0 Å². The number of rotatable bonds is 4. The van der Waals surface area contributed by atoms with Gasteiger partial charge in [-0.25, -0.2) is 0 Å². The molecule has 1 amide bonds. The molecule has 0 spiro atoms. The smallest absolute Gasteiger partial charge is 0.236 e. The Morgan fingerprint density at radius 1 is 1.25 bits per heavy atom. The Morgan fingerprint density at radius 2 is 1.75 bits per heavy atom. The van der Waals surface area contributed by atoms with Crippen LogP contribution in [0.2, 0.25) is 0 Å². The number of ether oxygens (including phenoxy) is 1. The molecule has 2 atom stereocenters.